The van der Waals surface area contributed by atoms with Crippen molar-refractivity contribution in [2.24, 2.45) is 0 Å². The van der Waals surface area contributed by atoms with Crippen LogP contribution in [-0.2, 0) is 14.9 Å². The van der Waals surface area contributed by atoms with Crippen LogP contribution in [0.3, 0.4) is 0 Å². The molecular weight excluding hydrogens is 366 g/mol. The van der Waals surface area contributed by atoms with Crippen molar-refractivity contribution in [3.05, 3.63) is 29.8 Å². The fourth-order valence-electron chi connectivity index (χ4n) is 6.25. The second kappa shape index (κ2) is 7.80. The Morgan fingerprint density at radius 1 is 1.10 bits per heavy atom. The molecule has 4 heterocycles. The van der Waals surface area contributed by atoms with Gasteiger partial charge in [0.1, 0.15) is 6.61 Å². The molecule has 5 rings (SSSR count). The Hall–Kier alpha value is -1.79. The number of nitrogens with zero attached hydrogens (tertiary/aromatic N) is 2. The molecule has 2 unspecified atom stereocenters. The van der Waals surface area contributed by atoms with Crippen LogP contribution in [0.2, 0.25) is 0 Å². The number of hydrogen-bond acceptors (Lipinski definition) is 5. The molecule has 1 spiro atoms. The molecule has 1 aromatic carbocycles. The monoisotopic (exact) mass is 399 g/mol. The maximum absolute atomic E-state index is 12.5. The Morgan fingerprint density at radius 3 is 2.55 bits per heavy atom. The summed E-state index contributed by atoms with van der Waals surface area (Å²) < 4.78 is 10.4. The summed E-state index contributed by atoms with van der Waals surface area (Å²) in [6.45, 7) is 4.22. The van der Waals surface area contributed by atoms with Crippen molar-refractivity contribution in [3.8, 4) is 0 Å². The highest BCUT2D eigenvalue weighted by molar-refractivity contribution is 5.69. The molecule has 4 aliphatic heterocycles. The molecular formula is C23H33N3O3. The van der Waals surface area contributed by atoms with Gasteiger partial charge in [0.2, 0.25) is 0 Å². The van der Waals surface area contributed by atoms with Gasteiger partial charge in [0.25, 0.3) is 0 Å². The van der Waals surface area contributed by atoms with Crippen LogP contribution in [0, 0.1) is 0 Å². The van der Waals surface area contributed by atoms with Gasteiger partial charge in [-0.3, -0.25) is 0 Å². The second-order valence-corrected chi connectivity index (χ2v) is 9.24. The maximum Gasteiger partial charge on any atom is 0.410 e. The highest BCUT2D eigenvalue weighted by atomic mass is 16.6. The van der Waals surface area contributed by atoms with Gasteiger partial charge in [0.15, 0.2) is 0 Å². The quantitative estimate of drug-likeness (QED) is 0.788. The third kappa shape index (κ3) is 3.40. The topological polar surface area (TPSA) is 54.0 Å². The molecule has 2 atom stereocenters. The zero-order valence-corrected chi connectivity index (χ0v) is 17.4. The van der Waals surface area contributed by atoms with Gasteiger partial charge >= 0.3 is 6.09 Å². The Kier molecular flexibility index (Phi) is 5.16. The molecule has 3 fully saturated rings. The van der Waals surface area contributed by atoms with Crippen LogP contribution in [0.25, 0.3) is 0 Å². The highest BCUT2D eigenvalue weighted by Gasteiger charge is 2.47. The predicted molar refractivity (Wildman–Crippen MR) is 112 cm³/mol. The van der Waals surface area contributed by atoms with Crippen LogP contribution in [0.4, 0.5) is 10.5 Å². The van der Waals surface area contributed by atoms with Crippen molar-refractivity contribution in [2.45, 2.75) is 62.1 Å². The molecule has 1 N–H and O–H groups in total. The third-order valence-electron chi connectivity index (χ3n) is 7.82. The number of anilines is 1. The van der Waals surface area contributed by atoms with Crippen molar-refractivity contribution >= 4 is 11.8 Å². The second-order valence-electron chi connectivity index (χ2n) is 9.24. The van der Waals surface area contributed by atoms with Gasteiger partial charge in [-0.05, 0) is 63.2 Å². The molecule has 0 aromatic heterocycles. The van der Waals surface area contributed by atoms with E-state index in [1.807, 2.05) is 4.90 Å². The van der Waals surface area contributed by atoms with Gasteiger partial charge in [0.05, 0.1) is 6.61 Å². The Balaban J connectivity index is 1.19. The van der Waals surface area contributed by atoms with E-state index < -0.39 is 0 Å². The lowest BCUT2D eigenvalue weighted by Crippen LogP contribution is -2.55. The number of carbonyl (C=O) groups is 1. The van der Waals surface area contributed by atoms with Crippen LogP contribution in [0.15, 0.2) is 24.3 Å². The lowest BCUT2D eigenvalue weighted by Gasteiger charge is -2.47. The van der Waals surface area contributed by atoms with Gasteiger partial charge in [-0.1, -0.05) is 18.2 Å². The number of amides is 1. The van der Waals surface area contributed by atoms with E-state index in [2.05, 4.69) is 34.5 Å². The zero-order chi connectivity index (χ0) is 19.8. The normalized spacial score (nSPS) is 30.2. The molecule has 4 aliphatic rings. The number of benzene rings is 1. The summed E-state index contributed by atoms with van der Waals surface area (Å²) in [6.07, 6.45) is 6.75. The molecule has 0 radical (unpaired) electrons. The molecule has 6 nitrogen and oxygen atoms in total. The van der Waals surface area contributed by atoms with Gasteiger partial charge in [-0.25, -0.2) is 4.79 Å². The lowest BCUT2D eigenvalue weighted by molar-refractivity contribution is 0.0198. The van der Waals surface area contributed by atoms with E-state index in [1.165, 1.54) is 37.2 Å². The average molecular weight is 400 g/mol. The minimum absolute atomic E-state index is 0.140. The standard InChI is InChI=1S/C23H33N3O3/c1-28-12-13-29-22(27)26-17-6-7-18(26)15-19(14-17)25-10-8-23(9-11-25)16-24-21-5-3-2-4-20(21)23/h2-5,17-19,24H,6-16H2,1H3. The Morgan fingerprint density at radius 2 is 1.83 bits per heavy atom. The minimum Gasteiger partial charge on any atom is -0.447 e. The number of nitrogens with one attached hydrogen (secondary N) is 1. The SMILES string of the molecule is COCCOC(=O)N1C2CCC1CC(N1CCC3(CC1)CNc1ccccc13)C2. The van der Waals surface area contributed by atoms with Crippen molar-refractivity contribution in [1.29, 1.82) is 0 Å². The van der Waals surface area contributed by atoms with E-state index in [1.54, 1.807) is 7.11 Å². The number of carbonyl (C=O) groups excluding carboxylic acids is 1. The van der Waals surface area contributed by atoms with E-state index in [9.17, 15) is 4.79 Å². The van der Waals surface area contributed by atoms with E-state index >= 15 is 0 Å². The van der Waals surface area contributed by atoms with Crippen molar-refractivity contribution in [3.63, 3.8) is 0 Å². The molecule has 3 saturated heterocycles. The van der Waals surface area contributed by atoms with Crippen molar-refractivity contribution in [2.75, 3.05) is 45.3 Å². The largest absolute Gasteiger partial charge is 0.447 e. The summed E-state index contributed by atoms with van der Waals surface area (Å²) in [5, 5.41) is 3.63. The summed E-state index contributed by atoms with van der Waals surface area (Å²) in [6, 6.07) is 10.1. The van der Waals surface area contributed by atoms with E-state index in [4.69, 9.17) is 9.47 Å². The number of ether oxygens (including phenoxy) is 2. The molecule has 158 valence electrons. The van der Waals surface area contributed by atoms with Crippen LogP contribution in [0.5, 0.6) is 0 Å². The lowest BCUT2D eigenvalue weighted by atomic mass is 9.74. The maximum atomic E-state index is 12.5. The van der Waals surface area contributed by atoms with E-state index in [-0.39, 0.29) is 6.09 Å². The number of likely N-dealkylation sites (tertiary alicyclic amines) is 1. The summed E-state index contributed by atoms with van der Waals surface area (Å²) in [7, 11) is 1.63. The highest BCUT2D eigenvalue weighted by Crippen LogP contribution is 2.45. The molecule has 6 heteroatoms. The van der Waals surface area contributed by atoms with E-state index in [0.717, 1.165) is 32.2 Å². The Labute approximate surface area is 173 Å². The zero-order valence-electron chi connectivity index (χ0n) is 17.4. The number of methoxy groups -OCH3 is 1. The van der Waals surface area contributed by atoms with E-state index in [0.29, 0.717) is 36.8 Å². The smallest absolute Gasteiger partial charge is 0.410 e. The molecule has 29 heavy (non-hydrogen) atoms. The van der Waals surface area contributed by atoms with Crippen LogP contribution >= 0.6 is 0 Å². The number of rotatable bonds is 4. The van der Waals surface area contributed by atoms with Crippen LogP contribution in [-0.4, -0.2) is 74.0 Å². The number of hydrogen-bond donors (Lipinski definition) is 1. The van der Waals surface area contributed by atoms with Gasteiger partial charge in [-0.15, -0.1) is 0 Å². The summed E-state index contributed by atoms with van der Waals surface area (Å²) in [5.74, 6) is 0. The molecule has 2 bridgehead atoms. The summed E-state index contributed by atoms with van der Waals surface area (Å²) in [4.78, 5) is 17.3. The number of fused-ring (bicyclic) bond motifs is 4. The molecule has 0 saturated carbocycles. The van der Waals surface area contributed by atoms with Gasteiger partial charge in [-0.2, -0.15) is 0 Å². The molecule has 1 aromatic rings. The number of piperidine rings is 2. The van der Waals surface area contributed by atoms with Gasteiger partial charge in [0, 0.05) is 42.9 Å². The summed E-state index contributed by atoms with van der Waals surface area (Å²) >= 11 is 0. The first-order valence-corrected chi connectivity index (χ1v) is 11.2. The van der Waals surface area contributed by atoms with Crippen molar-refractivity contribution < 1.29 is 14.3 Å². The fourth-order valence-corrected chi connectivity index (χ4v) is 6.25. The first kappa shape index (κ1) is 19.2. The number of para-hydroxylation sites is 1. The molecule has 1 amide bonds. The van der Waals surface area contributed by atoms with Gasteiger partial charge < -0.3 is 24.6 Å². The van der Waals surface area contributed by atoms with Crippen molar-refractivity contribution in [1.82, 2.24) is 9.80 Å². The van der Waals surface area contributed by atoms with Crippen LogP contribution < -0.4 is 5.32 Å². The Bertz CT molecular complexity index is 733. The van der Waals surface area contributed by atoms with Crippen LogP contribution in [0.1, 0.15) is 44.1 Å². The first-order chi connectivity index (χ1) is 14.2. The minimum atomic E-state index is -0.140. The molecule has 0 aliphatic carbocycles. The predicted octanol–water partition coefficient (Wildman–Crippen LogP) is 3.22. The average Bonchev–Trinajstić information content (AvgIpc) is 3.23. The third-order valence-corrected chi connectivity index (χ3v) is 7.82. The first-order valence-electron chi connectivity index (χ1n) is 11.2. The fraction of sp³-hybridized carbons (Fsp3) is 0.696. The summed E-state index contributed by atoms with van der Waals surface area (Å²) in [5.41, 5.74) is 3.17.